The predicted molar refractivity (Wildman–Crippen MR) is 120 cm³/mol. The zero-order valence-electron chi connectivity index (χ0n) is 15.8. The maximum atomic E-state index is 6.06. The predicted octanol–water partition coefficient (Wildman–Crippen LogP) is 3.95. The third-order valence-corrected chi connectivity index (χ3v) is 4.20. The number of aryl methyl sites for hydroxylation is 1. The van der Waals surface area contributed by atoms with Gasteiger partial charge in [0, 0.05) is 39.6 Å². The summed E-state index contributed by atoms with van der Waals surface area (Å²) in [6, 6.07) is 10.1. The molecular weight excluding hydrogens is 463 g/mol. The van der Waals surface area contributed by atoms with Gasteiger partial charge in [-0.25, -0.2) is 0 Å². The Morgan fingerprint density at radius 2 is 2.08 bits per heavy atom. The van der Waals surface area contributed by atoms with Crippen LogP contribution < -0.4 is 10.1 Å². The molecule has 0 radical (unpaired) electrons. The van der Waals surface area contributed by atoms with Crippen LogP contribution in [0.2, 0.25) is 5.02 Å². The van der Waals surface area contributed by atoms with Crippen LogP contribution in [-0.4, -0.2) is 42.7 Å². The first-order valence-electron chi connectivity index (χ1n) is 8.48. The van der Waals surface area contributed by atoms with Crippen LogP contribution in [0.4, 0.5) is 0 Å². The van der Waals surface area contributed by atoms with Gasteiger partial charge < -0.3 is 19.5 Å². The van der Waals surface area contributed by atoms with Crippen LogP contribution in [-0.2, 0) is 20.0 Å². The molecule has 2 rings (SSSR count). The standard InChI is InChI=1S/C19H27ClN4O.HI/c1-5-25-18-9-7-6-8-15(18)10-11-22-19(21-2)24(4)14-17-12-16(20)13-23(17)3;/h6-9,12-13H,5,10-11,14H2,1-4H3,(H,21,22);1H. The number of aliphatic imine (C=N–C) groups is 1. The Hall–Kier alpha value is -1.41. The molecule has 0 aliphatic heterocycles. The third-order valence-electron chi connectivity index (χ3n) is 4.00. The summed E-state index contributed by atoms with van der Waals surface area (Å²) >= 11 is 6.06. The quantitative estimate of drug-likeness (QED) is 0.363. The molecule has 0 saturated carbocycles. The molecule has 0 aliphatic carbocycles. The van der Waals surface area contributed by atoms with E-state index in [9.17, 15) is 0 Å². The maximum absolute atomic E-state index is 6.06. The highest BCUT2D eigenvalue weighted by molar-refractivity contribution is 14.0. The molecule has 0 saturated heterocycles. The Balaban J connectivity index is 0.00000338. The van der Waals surface area contributed by atoms with Crippen LogP contribution in [0.1, 0.15) is 18.2 Å². The van der Waals surface area contributed by atoms with Crippen molar-refractivity contribution >= 4 is 41.5 Å². The van der Waals surface area contributed by atoms with Crippen molar-refractivity contribution < 1.29 is 4.74 Å². The molecule has 5 nitrogen and oxygen atoms in total. The number of rotatable bonds is 7. The molecule has 0 amide bonds. The molecule has 2 aromatic rings. The van der Waals surface area contributed by atoms with Crippen LogP contribution in [0, 0.1) is 0 Å². The minimum atomic E-state index is 0. The number of nitrogens with one attached hydrogen (secondary N) is 1. The number of guanidine groups is 1. The van der Waals surface area contributed by atoms with Gasteiger partial charge in [0.05, 0.1) is 18.2 Å². The SMILES string of the molecule is CCOc1ccccc1CCNC(=NC)N(C)Cc1cc(Cl)cn1C.I. The number of halogens is 2. The molecule has 0 aliphatic rings. The van der Waals surface area contributed by atoms with Crippen molar-refractivity contribution in [1.29, 1.82) is 0 Å². The summed E-state index contributed by atoms with van der Waals surface area (Å²) in [5.74, 6) is 1.81. The van der Waals surface area contributed by atoms with E-state index in [1.54, 1.807) is 7.05 Å². The van der Waals surface area contributed by atoms with E-state index in [1.165, 1.54) is 5.56 Å². The van der Waals surface area contributed by atoms with Crippen molar-refractivity contribution in [1.82, 2.24) is 14.8 Å². The van der Waals surface area contributed by atoms with E-state index < -0.39 is 0 Å². The second-order valence-corrected chi connectivity index (χ2v) is 6.32. The first-order chi connectivity index (χ1) is 12.0. The zero-order valence-corrected chi connectivity index (χ0v) is 18.9. The Morgan fingerprint density at radius 1 is 1.35 bits per heavy atom. The van der Waals surface area contributed by atoms with Gasteiger partial charge in [0.2, 0.25) is 0 Å². The lowest BCUT2D eigenvalue weighted by Crippen LogP contribution is -2.39. The Labute approximate surface area is 178 Å². The summed E-state index contributed by atoms with van der Waals surface area (Å²) in [4.78, 5) is 6.45. The average molecular weight is 491 g/mol. The molecule has 1 N–H and O–H groups in total. The average Bonchev–Trinajstić information content (AvgIpc) is 2.90. The Morgan fingerprint density at radius 3 is 2.69 bits per heavy atom. The fourth-order valence-corrected chi connectivity index (χ4v) is 3.01. The molecule has 144 valence electrons. The third kappa shape index (κ3) is 6.39. The number of benzene rings is 1. The minimum absolute atomic E-state index is 0. The number of nitrogens with zero attached hydrogens (tertiary/aromatic N) is 3. The topological polar surface area (TPSA) is 41.8 Å². The highest BCUT2D eigenvalue weighted by Crippen LogP contribution is 2.18. The molecule has 0 atom stereocenters. The van der Waals surface area contributed by atoms with Gasteiger partial charge in [-0.2, -0.15) is 0 Å². The molecule has 0 bridgehead atoms. The molecule has 1 aromatic heterocycles. The lowest BCUT2D eigenvalue weighted by atomic mass is 10.1. The van der Waals surface area contributed by atoms with E-state index >= 15 is 0 Å². The van der Waals surface area contributed by atoms with E-state index in [0.29, 0.717) is 6.61 Å². The number of aromatic nitrogens is 1. The summed E-state index contributed by atoms with van der Waals surface area (Å²) in [7, 11) is 5.81. The minimum Gasteiger partial charge on any atom is -0.494 e. The van der Waals surface area contributed by atoms with Gasteiger partial charge in [-0.1, -0.05) is 29.8 Å². The van der Waals surface area contributed by atoms with Crippen molar-refractivity contribution in [2.24, 2.45) is 12.0 Å². The van der Waals surface area contributed by atoms with E-state index in [-0.39, 0.29) is 24.0 Å². The van der Waals surface area contributed by atoms with Gasteiger partial charge in [0.25, 0.3) is 0 Å². The molecule has 1 aromatic carbocycles. The van der Waals surface area contributed by atoms with E-state index in [0.717, 1.165) is 41.9 Å². The second kappa shape index (κ2) is 11.3. The van der Waals surface area contributed by atoms with Gasteiger partial charge in [-0.05, 0) is 31.0 Å². The number of hydrogen-bond donors (Lipinski definition) is 1. The smallest absolute Gasteiger partial charge is 0.193 e. The largest absolute Gasteiger partial charge is 0.494 e. The van der Waals surface area contributed by atoms with Crippen LogP contribution in [0.3, 0.4) is 0 Å². The van der Waals surface area contributed by atoms with Crippen molar-refractivity contribution in [3.63, 3.8) is 0 Å². The van der Waals surface area contributed by atoms with Gasteiger partial charge >= 0.3 is 0 Å². The van der Waals surface area contributed by atoms with Gasteiger partial charge in [-0.3, -0.25) is 4.99 Å². The van der Waals surface area contributed by atoms with Crippen LogP contribution >= 0.6 is 35.6 Å². The molecule has 0 spiro atoms. The summed E-state index contributed by atoms with van der Waals surface area (Å²) < 4.78 is 7.71. The summed E-state index contributed by atoms with van der Waals surface area (Å²) in [5.41, 5.74) is 2.33. The lowest BCUT2D eigenvalue weighted by molar-refractivity contribution is 0.336. The highest BCUT2D eigenvalue weighted by atomic mass is 127. The van der Waals surface area contributed by atoms with Gasteiger partial charge in [-0.15, -0.1) is 24.0 Å². The number of ether oxygens (including phenoxy) is 1. The zero-order chi connectivity index (χ0) is 18.2. The first-order valence-corrected chi connectivity index (χ1v) is 8.86. The molecular formula is C19H28ClIN4O. The number of hydrogen-bond acceptors (Lipinski definition) is 2. The first kappa shape index (κ1) is 22.6. The van der Waals surface area contributed by atoms with Crippen LogP contribution in [0.15, 0.2) is 41.5 Å². The summed E-state index contributed by atoms with van der Waals surface area (Å²) in [6.45, 7) is 4.20. The molecule has 0 fully saturated rings. The van der Waals surface area contributed by atoms with Crippen LogP contribution in [0.5, 0.6) is 5.75 Å². The Kier molecular flexibility index (Phi) is 9.87. The Bertz CT molecular complexity index is 717. The number of para-hydroxylation sites is 1. The molecule has 0 unspecified atom stereocenters. The molecule has 7 heteroatoms. The van der Waals surface area contributed by atoms with Crippen molar-refractivity contribution in [3.05, 3.63) is 52.8 Å². The van der Waals surface area contributed by atoms with Crippen molar-refractivity contribution in [2.75, 3.05) is 27.2 Å². The highest BCUT2D eigenvalue weighted by Gasteiger charge is 2.10. The van der Waals surface area contributed by atoms with E-state index in [2.05, 4.69) is 21.3 Å². The molecule has 1 heterocycles. The van der Waals surface area contributed by atoms with Crippen molar-refractivity contribution in [2.45, 2.75) is 19.9 Å². The summed E-state index contributed by atoms with van der Waals surface area (Å²) in [5, 5.41) is 4.16. The monoisotopic (exact) mass is 490 g/mol. The maximum Gasteiger partial charge on any atom is 0.193 e. The van der Waals surface area contributed by atoms with Gasteiger partial charge in [0.15, 0.2) is 5.96 Å². The van der Waals surface area contributed by atoms with E-state index in [1.807, 2.05) is 56.0 Å². The fraction of sp³-hybridized carbons (Fsp3) is 0.421. The van der Waals surface area contributed by atoms with Crippen LogP contribution in [0.25, 0.3) is 0 Å². The van der Waals surface area contributed by atoms with E-state index in [4.69, 9.17) is 16.3 Å². The second-order valence-electron chi connectivity index (χ2n) is 5.88. The van der Waals surface area contributed by atoms with Crippen molar-refractivity contribution in [3.8, 4) is 5.75 Å². The normalized spacial score (nSPS) is 11.0. The fourth-order valence-electron chi connectivity index (χ4n) is 2.74. The molecule has 26 heavy (non-hydrogen) atoms. The lowest BCUT2D eigenvalue weighted by Gasteiger charge is -2.22. The van der Waals surface area contributed by atoms with Gasteiger partial charge in [0.1, 0.15) is 5.75 Å². The summed E-state index contributed by atoms with van der Waals surface area (Å²) in [6.07, 6.45) is 2.78.